The number of likely N-dealkylation sites (N-methyl/N-ethyl adjacent to an activating group) is 2. The molecule has 0 saturated heterocycles. The molecule has 1 heterocycles. The summed E-state index contributed by atoms with van der Waals surface area (Å²) in [6.45, 7) is 0.503. The number of nitrogens with two attached hydrogens (primary N) is 1. The van der Waals surface area contributed by atoms with Gasteiger partial charge in [0, 0.05) is 20.6 Å². The number of amides is 2. The minimum atomic E-state index is -0.126. The normalized spacial score (nSPS) is 13.8. The average Bonchev–Trinajstić information content (AvgIpc) is 2.42. The second-order valence-corrected chi connectivity index (χ2v) is 4.50. The van der Waals surface area contributed by atoms with Crippen molar-refractivity contribution < 1.29 is 14.3 Å². The van der Waals surface area contributed by atoms with Gasteiger partial charge >= 0.3 is 0 Å². The molecule has 1 aliphatic heterocycles. The maximum atomic E-state index is 11.6. The van der Waals surface area contributed by atoms with E-state index in [4.69, 9.17) is 10.5 Å². The van der Waals surface area contributed by atoms with Gasteiger partial charge in [-0.1, -0.05) is 6.07 Å². The van der Waals surface area contributed by atoms with E-state index >= 15 is 0 Å². The molecular weight excluding hydrogens is 246 g/mol. The zero-order valence-corrected chi connectivity index (χ0v) is 11.0. The Morgan fingerprint density at radius 3 is 2.95 bits per heavy atom. The number of ether oxygens (including phenoxy) is 1. The van der Waals surface area contributed by atoms with Gasteiger partial charge < -0.3 is 20.3 Å². The van der Waals surface area contributed by atoms with Crippen LogP contribution in [0.25, 0.3) is 0 Å². The molecule has 0 bridgehead atoms. The maximum absolute atomic E-state index is 11.6. The van der Waals surface area contributed by atoms with Gasteiger partial charge in [0.15, 0.2) is 6.61 Å². The lowest BCUT2D eigenvalue weighted by molar-refractivity contribution is -0.128. The molecule has 2 rings (SSSR count). The third-order valence-electron chi connectivity index (χ3n) is 3.13. The number of carbonyl (C=O) groups excluding carboxylic acids is 2. The maximum Gasteiger partial charge on any atom is 0.264 e. The van der Waals surface area contributed by atoms with E-state index in [0.717, 1.165) is 11.3 Å². The fourth-order valence-corrected chi connectivity index (χ4v) is 1.93. The van der Waals surface area contributed by atoms with Crippen molar-refractivity contribution >= 4 is 17.5 Å². The number of nitrogens with zero attached hydrogens (tertiary/aromatic N) is 2. The van der Waals surface area contributed by atoms with Gasteiger partial charge in [-0.25, -0.2) is 0 Å². The Kier molecular flexibility index (Phi) is 3.71. The molecule has 0 unspecified atom stereocenters. The van der Waals surface area contributed by atoms with Gasteiger partial charge in [-0.05, 0) is 17.7 Å². The first kappa shape index (κ1) is 13.4. The number of benzene rings is 1. The quantitative estimate of drug-likeness (QED) is 0.830. The molecule has 0 spiro atoms. The molecule has 19 heavy (non-hydrogen) atoms. The predicted octanol–water partition coefficient (Wildman–Crippen LogP) is -0.0411. The Balaban J connectivity index is 2.21. The number of anilines is 1. The van der Waals surface area contributed by atoms with Crippen molar-refractivity contribution in [2.45, 2.75) is 6.54 Å². The molecule has 1 aliphatic rings. The largest absolute Gasteiger partial charge is 0.482 e. The third kappa shape index (κ3) is 2.68. The molecule has 1 aromatic carbocycles. The highest BCUT2D eigenvalue weighted by Gasteiger charge is 2.22. The second-order valence-electron chi connectivity index (χ2n) is 4.50. The van der Waals surface area contributed by atoms with Crippen LogP contribution in [0.2, 0.25) is 0 Å². The van der Waals surface area contributed by atoms with Crippen molar-refractivity contribution in [1.82, 2.24) is 4.90 Å². The highest BCUT2D eigenvalue weighted by molar-refractivity contribution is 5.97. The predicted molar refractivity (Wildman–Crippen MR) is 70.9 cm³/mol. The van der Waals surface area contributed by atoms with Crippen LogP contribution in [0.5, 0.6) is 5.75 Å². The summed E-state index contributed by atoms with van der Waals surface area (Å²) in [5, 5.41) is 0. The number of hydrogen-bond donors (Lipinski definition) is 1. The van der Waals surface area contributed by atoms with Crippen LogP contribution in [0.15, 0.2) is 18.2 Å². The Labute approximate surface area is 111 Å². The molecule has 0 aromatic heterocycles. The van der Waals surface area contributed by atoms with E-state index in [1.165, 1.54) is 0 Å². The smallest absolute Gasteiger partial charge is 0.264 e. The molecule has 1 aromatic rings. The van der Waals surface area contributed by atoms with Crippen LogP contribution < -0.4 is 15.4 Å². The monoisotopic (exact) mass is 263 g/mol. The minimum absolute atomic E-state index is 0.0110. The molecule has 0 radical (unpaired) electrons. The second kappa shape index (κ2) is 5.27. The molecule has 6 nitrogen and oxygen atoms in total. The summed E-state index contributed by atoms with van der Waals surface area (Å²) < 4.78 is 5.34. The van der Waals surface area contributed by atoms with Crippen LogP contribution in [0, 0.1) is 0 Å². The first-order valence-electron chi connectivity index (χ1n) is 5.99. The molecule has 0 aliphatic carbocycles. The highest BCUT2D eigenvalue weighted by Crippen LogP contribution is 2.32. The van der Waals surface area contributed by atoms with Gasteiger partial charge in [0.25, 0.3) is 5.91 Å². The lowest BCUT2D eigenvalue weighted by Gasteiger charge is -2.27. The standard InChI is InChI=1S/C13H17N3O3/c1-15(12(17)6-14)7-9-3-4-11-10(5-9)16(2)13(18)8-19-11/h3-5H,6-8,14H2,1-2H3. The van der Waals surface area contributed by atoms with E-state index in [1.807, 2.05) is 18.2 Å². The van der Waals surface area contributed by atoms with E-state index in [-0.39, 0.29) is 25.0 Å². The van der Waals surface area contributed by atoms with E-state index in [2.05, 4.69) is 0 Å². The number of fused-ring (bicyclic) bond motifs is 1. The Morgan fingerprint density at radius 1 is 1.53 bits per heavy atom. The summed E-state index contributed by atoms with van der Waals surface area (Å²) in [5.74, 6) is 0.466. The van der Waals surface area contributed by atoms with E-state index < -0.39 is 0 Å². The molecule has 0 fully saturated rings. The topological polar surface area (TPSA) is 75.9 Å². The van der Waals surface area contributed by atoms with Crippen LogP contribution in [0.3, 0.4) is 0 Å². The summed E-state index contributed by atoms with van der Waals surface area (Å²) in [7, 11) is 3.40. The summed E-state index contributed by atoms with van der Waals surface area (Å²) in [6, 6.07) is 5.55. The molecule has 102 valence electrons. The number of carbonyl (C=O) groups is 2. The van der Waals surface area contributed by atoms with Crippen LogP contribution in [0.4, 0.5) is 5.69 Å². The Hall–Kier alpha value is -2.08. The zero-order chi connectivity index (χ0) is 14.0. The first-order valence-corrected chi connectivity index (χ1v) is 5.99. The van der Waals surface area contributed by atoms with Gasteiger partial charge in [0.05, 0.1) is 12.2 Å². The Bertz CT molecular complexity index is 516. The van der Waals surface area contributed by atoms with Crippen molar-refractivity contribution in [2.75, 3.05) is 32.1 Å². The average molecular weight is 263 g/mol. The van der Waals surface area contributed by atoms with E-state index in [9.17, 15) is 9.59 Å². The Morgan fingerprint density at radius 2 is 2.26 bits per heavy atom. The summed E-state index contributed by atoms with van der Waals surface area (Å²) in [4.78, 5) is 26.1. The zero-order valence-electron chi connectivity index (χ0n) is 11.0. The summed E-state index contributed by atoms with van der Waals surface area (Å²) in [6.07, 6.45) is 0. The van der Waals surface area contributed by atoms with Crippen molar-refractivity contribution in [3.63, 3.8) is 0 Å². The van der Waals surface area contributed by atoms with E-state index in [0.29, 0.717) is 12.3 Å². The van der Waals surface area contributed by atoms with Gasteiger partial charge in [-0.2, -0.15) is 0 Å². The first-order chi connectivity index (χ1) is 9.02. The highest BCUT2D eigenvalue weighted by atomic mass is 16.5. The van der Waals surface area contributed by atoms with Crippen LogP contribution in [-0.2, 0) is 16.1 Å². The van der Waals surface area contributed by atoms with Gasteiger partial charge in [-0.15, -0.1) is 0 Å². The fraction of sp³-hybridized carbons (Fsp3) is 0.385. The molecule has 2 N–H and O–H groups in total. The molecular formula is C13H17N3O3. The van der Waals surface area contributed by atoms with Crippen molar-refractivity contribution in [2.24, 2.45) is 5.73 Å². The SMILES string of the molecule is CN(Cc1ccc2c(c1)N(C)C(=O)CO2)C(=O)CN. The molecule has 6 heteroatoms. The third-order valence-corrected chi connectivity index (χ3v) is 3.13. The summed E-state index contributed by atoms with van der Waals surface area (Å²) in [5.41, 5.74) is 6.96. The number of hydrogen-bond acceptors (Lipinski definition) is 4. The minimum Gasteiger partial charge on any atom is -0.482 e. The molecule has 0 saturated carbocycles. The molecule has 0 atom stereocenters. The van der Waals surface area contributed by atoms with Gasteiger partial charge in [0.2, 0.25) is 5.91 Å². The lowest BCUT2D eigenvalue weighted by atomic mass is 10.1. The van der Waals surface area contributed by atoms with Crippen molar-refractivity contribution in [1.29, 1.82) is 0 Å². The molecule has 2 amide bonds. The van der Waals surface area contributed by atoms with E-state index in [1.54, 1.807) is 23.9 Å². The van der Waals surface area contributed by atoms with Crippen molar-refractivity contribution in [3.8, 4) is 5.75 Å². The van der Waals surface area contributed by atoms with Crippen LogP contribution in [-0.4, -0.2) is 44.0 Å². The lowest BCUT2D eigenvalue weighted by Crippen LogP contribution is -2.36. The number of rotatable bonds is 3. The fourth-order valence-electron chi connectivity index (χ4n) is 1.93. The van der Waals surface area contributed by atoms with Crippen LogP contribution in [0.1, 0.15) is 5.56 Å². The van der Waals surface area contributed by atoms with Crippen LogP contribution >= 0.6 is 0 Å². The van der Waals surface area contributed by atoms with Crippen molar-refractivity contribution in [3.05, 3.63) is 23.8 Å². The van der Waals surface area contributed by atoms with Gasteiger partial charge in [0.1, 0.15) is 5.75 Å². The summed E-state index contributed by atoms with van der Waals surface area (Å²) >= 11 is 0. The van der Waals surface area contributed by atoms with Gasteiger partial charge in [-0.3, -0.25) is 9.59 Å².